The Kier molecular flexibility index (Phi) is 5.76. The van der Waals surface area contributed by atoms with Crippen LogP contribution < -0.4 is 0 Å². The van der Waals surface area contributed by atoms with Crippen molar-refractivity contribution in [2.45, 2.75) is 26.1 Å². The van der Waals surface area contributed by atoms with Gasteiger partial charge in [-0.3, -0.25) is 0 Å². The van der Waals surface area contributed by atoms with Crippen LogP contribution in [0, 0.1) is 5.92 Å². The first kappa shape index (κ1) is 9.61. The maximum atomic E-state index is 4.29. The monoisotopic (exact) mass is 210 g/mol. The van der Waals surface area contributed by atoms with Crippen molar-refractivity contribution in [2.24, 2.45) is 5.92 Å². The van der Waals surface area contributed by atoms with Crippen LogP contribution in [0.1, 0.15) is 20.8 Å². The standard InChI is InChI=1S/C7H14SSe/c1-4-7(8)9-5-6(2)3/h4,6,8H,5H2,1-3H3/b7-4-. The fourth-order valence-corrected chi connectivity index (χ4v) is 2.13. The first-order valence-corrected chi connectivity index (χ1v) is 5.66. The van der Waals surface area contributed by atoms with Crippen LogP contribution in [0.4, 0.5) is 0 Å². The van der Waals surface area contributed by atoms with Crippen LogP contribution in [0.2, 0.25) is 5.32 Å². The van der Waals surface area contributed by atoms with Crippen molar-refractivity contribution in [3.8, 4) is 0 Å². The molecule has 0 fully saturated rings. The minimum absolute atomic E-state index is 0.631. The third kappa shape index (κ3) is 6.50. The van der Waals surface area contributed by atoms with E-state index in [1.54, 1.807) is 0 Å². The zero-order chi connectivity index (χ0) is 7.28. The molecule has 0 aromatic rings. The molecule has 9 heavy (non-hydrogen) atoms. The van der Waals surface area contributed by atoms with E-state index >= 15 is 0 Å². The molecule has 0 unspecified atom stereocenters. The van der Waals surface area contributed by atoms with Gasteiger partial charge in [0.2, 0.25) is 0 Å². The van der Waals surface area contributed by atoms with Gasteiger partial charge < -0.3 is 0 Å². The van der Waals surface area contributed by atoms with Crippen molar-refractivity contribution >= 4 is 27.6 Å². The van der Waals surface area contributed by atoms with Crippen LogP contribution in [-0.2, 0) is 0 Å². The molecule has 0 aliphatic heterocycles. The molecule has 0 bridgehead atoms. The summed E-state index contributed by atoms with van der Waals surface area (Å²) in [5.74, 6) is 0.826. The quantitative estimate of drug-likeness (QED) is 0.536. The summed E-state index contributed by atoms with van der Waals surface area (Å²) in [4.78, 5) is 0. The predicted molar refractivity (Wildman–Crippen MR) is 48.1 cm³/mol. The summed E-state index contributed by atoms with van der Waals surface area (Å²) in [5, 5.41) is 1.32. The second-order valence-corrected chi connectivity index (χ2v) is 5.72. The van der Waals surface area contributed by atoms with E-state index in [1.165, 1.54) is 9.12 Å². The van der Waals surface area contributed by atoms with E-state index in [0.29, 0.717) is 15.0 Å². The number of hydrogen-bond acceptors (Lipinski definition) is 1. The summed E-state index contributed by atoms with van der Waals surface area (Å²) >= 11 is 4.92. The molecule has 0 saturated heterocycles. The Hall–Kier alpha value is 0.609. The number of rotatable bonds is 3. The van der Waals surface area contributed by atoms with E-state index in [2.05, 4.69) is 32.6 Å². The Morgan fingerprint density at radius 3 is 2.56 bits per heavy atom. The van der Waals surface area contributed by atoms with Gasteiger partial charge in [-0.2, -0.15) is 0 Å². The Labute approximate surface area is 69.7 Å². The molecule has 0 atom stereocenters. The minimum atomic E-state index is 0.631. The molecule has 54 valence electrons. The molecule has 0 N–H and O–H groups in total. The van der Waals surface area contributed by atoms with Crippen molar-refractivity contribution in [3.05, 3.63) is 9.88 Å². The second kappa shape index (κ2) is 5.40. The zero-order valence-electron chi connectivity index (χ0n) is 6.22. The molecule has 0 nitrogen and oxygen atoms in total. The molecule has 0 aromatic carbocycles. The summed E-state index contributed by atoms with van der Waals surface area (Å²) in [6.45, 7) is 6.54. The van der Waals surface area contributed by atoms with Crippen molar-refractivity contribution in [1.29, 1.82) is 0 Å². The van der Waals surface area contributed by atoms with Gasteiger partial charge in [-0.05, 0) is 0 Å². The van der Waals surface area contributed by atoms with Gasteiger partial charge in [0.1, 0.15) is 0 Å². The van der Waals surface area contributed by atoms with Gasteiger partial charge in [-0.1, -0.05) is 0 Å². The van der Waals surface area contributed by atoms with E-state index in [-0.39, 0.29) is 0 Å². The summed E-state index contributed by atoms with van der Waals surface area (Å²) in [6, 6.07) is 0. The van der Waals surface area contributed by atoms with Crippen LogP contribution in [0.15, 0.2) is 9.88 Å². The molecule has 0 saturated carbocycles. The summed E-state index contributed by atoms with van der Waals surface area (Å²) in [7, 11) is 0. The average Bonchev–Trinajstić information content (AvgIpc) is 1.83. The first-order chi connectivity index (χ1) is 4.16. The van der Waals surface area contributed by atoms with Crippen LogP contribution in [0.25, 0.3) is 0 Å². The van der Waals surface area contributed by atoms with Gasteiger partial charge in [0.15, 0.2) is 0 Å². The molecule has 0 spiro atoms. The van der Waals surface area contributed by atoms with Gasteiger partial charge in [-0.15, -0.1) is 0 Å². The van der Waals surface area contributed by atoms with E-state index < -0.39 is 0 Å². The van der Waals surface area contributed by atoms with Crippen LogP contribution in [0.5, 0.6) is 0 Å². The summed E-state index contributed by atoms with van der Waals surface area (Å²) < 4.78 is 1.27. The van der Waals surface area contributed by atoms with Crippen LogP contribution in [-0.4, -0.2) is 15.0 Å². The Morgan fingerprint density at radius 2 is 2.22 bits per heavy atom. The first-order valence-electron chi connectivity index (χ1n) is 3.15. The van der Waals surface area contributed by atoms with Gasteiger partial charge in [0, 0.05) is 0 Å². The normalized spacial score (nSPS) is 12.8. The van der Waals surface area contributed by atoms with Crippen molar-refractivity contribution in [3.63, 3.8) is 0 Å². The molecule has 0 heterocycles. The predicted octanol–water partition coefficient (Wildman–Crippen LogP) is 2.56. The number of allylic oxidation sites excluding steroid dienone is 1. The zero-order valence-corrected chi connectivity index (χ0v) is 8.82. The third-order valence-electron chi connectivity index (χ3n) is 0.812. The molecular weight excluding hydrogens is 195 g/mol. The fourth-order valence-electron chi connectivity index (χ4n) is 0.335. The fraction of sp³-hybridized carbons (Fsp3) is 0.714. The third-order valence-corrected chi connectivity index (χ3v) is 4.60. The Balaban J connectivity index is 3.28. The van der Waals surface area contributed by atoms with Crippen molar-refractivity contribution < 1.29 is 0 Å². The van der Waals surface area contributed by atoms with E-state index in [1.807, 2.05) is 6.92 Å². The molecule has 0 rings (SSSR count). The maximum absolute atomic E-state index is 4.29. The average molecular weight is 209 g/mol. The Morgan fingerprint density at radius 1 is 1.67 bits per heavy atom. The molecule has 0 aromatic heterocycles. The topological polar surface area (TPSA) is 0 Å². The molecule has 0 aliphatic rings. The Bertz CT molecular complexity index is 97.1. The van der Waals surface area contributed by atoms with Gasteiger partial charge in [-0.25, -0.2) is 0 Å². The van der Waals surface area contributed by atoms with Gasteiger partial charge in [0.05, 0.1) is 0 Å². The summed E-state index contributed by atoms with van der Waals surface area (Å²) in [5.41, 5.74) is 0. The summed E-state index contributed by atoms with van der Waals surface area (Å²) in [6.07, 6.45) is 2.09. The van der Waals surface area contributed by atoms with Gasteiger partial charge >= 0.3 is 69.5 Å². The number of thiol groups is 1. The van der Waals surface area contributed by atoms with Crippen molar-refractivity contribution in [2.75, 3.05) is 0 Å². The molecule has 0 aliphatic carbocycles. The second-order valence-electron chi connectivity index (χ2n) is 2.33. The van der Waals surface area contributed by atoms with E-state index in [4.69, 9.17) is 0 Å². The molecular formula is C7H14SSe. The molecule has 2 heteroatoms. The SMILES string of the molecule is C/C=C(/S)[Se]CC(C)C. The van der Waals surface area contributed by atoms with Crippen LogP contribution in [0.3, 0.4) is 0 Å². The molecule has 0 radical (unpaired) electrons. The van der Waals surface area contributed by atoms with E-state index in [9.17, 15) is 0 Å². The van der Waals surface area contributed by atoms with Crippen molar-refractivity contribution in [1.82, 2.24) is 0 Å². The number of hydrogen-bond donors (Lipinski definition) is 1. The molecule has 0 amide bonds. The van der Waals surface area contributed by atoms with E-state index in [0.717, 1.165) is 5.92 Å². The van der Waals surface area contributed by atoms with Gasteiger partial charge in [0.25, 0.3) is 0 Å². The van der Waals surface area contributed by atoms with Crippen LogP contribution >= 0.6 is 12.6 Å².